The summed E-state index contributed by atoms with van der Waals surface area (Å²) >= 11 is 0. The summed E-state index contributed by atoms with van der Waals surface area (Å²) in [5.41, 5.74) is 1.72. The van der Waals surface area contributed by atoms with E-state index in [-0.39, 0.29) is 49.5 Å². The van der Waals surface area contributed by atoms with E-state index in [1.54, 1.807) is 27.0 Å². The second kappa shape index (κ2) is 20.7. The van der Waals surface area contributed by atoms with Crippen molar-refractivity contribution in [2.75, 3.05) is 13.7 Å². The van der Waals surface area contributed by atoms with Crippen LogP contribution in [0.5, 0.6) is 0 Å². The lowest BCUT2D eigenvalue weighted by molar-refractivity contribution is -0.145. The van der Waals surface area contributed by atoms with Crippen LogP contribution in [0.2, 0.25) is 0 Å². The van der Waals surface area contributed by atoms with E-state index in [2.05, 4.69) is 31.6 Å². The number of carbonyl (C=O) groups is 7. The number of aromatic amines is 1. The molecule has 0 unspecified atom stereocenters. The van der Waals surface area contributed by atoms with E-state index in [1.165, 1.54) is 18.9 Å². The number of esters is 1. The smallest absolute Gasteiger partial charge is 0.328 e. The number of carbonyl (C=O) groups excluding carboxylic acids is 7. The molecular formula is C40H61N7O8. The second-order valence-electron chi connectivity index (χ2n) is 15.6. The van der Waals surface area contributed by atoms with Crippen molar-refractivity contribution in [2.24, 2.45) is 17.8 Å². The number of nitrogens with one attached hydrogen (secondary N) is 6. The van der Waals surface area contributed by atoms with Crippen LogP contribution in [0.4, 0.5) is 0 Å². The van der Waals surface area contributed by atoms with Crippen molar-refractivity contribution in [2.45, 2.75) is 130 Å². The molecule has 304 valence electrons. The van der Waals surface area contributed by atoms with Crippen molar-refractivity contribution in [1.82, 2.24) is 36.5 Å². The molecule has 55 heavy (non-hydrogen) atoms. The van der Waals surface area contributed by atoms with Crippen molar-refractivity contribution >= 4 is 52.3 Å². The van der Waals surface area contributed by atoms with Crippen molar-refractivity contribution in [1.29, 1.82) is 0 Å². The third-order valence-corrected chi connectivity index (χ3v) is 9.73. The maximum absolute atomic E-state index is 14.2. The standard InChI is InChI=1S/C40H61N7O8/c1-10-33(48)43-31(20-26-21-41-28-15-12-11-14-27(26)28)36(50)44-30(19-23(4)5)37(51)46-34(24(6)7)39(53)47-17-13-16-32(47)38(52)45-29(18-22(2)3)35(49)42-25(8)40(54)55-9/h11-12,14-15,21-25,29-32,34,41H,10,13,16-20H2,1-9H3,(H,42,49)(H,43,48)(H,44,50)(H,45,52)(H,46,51)/t25-,29-,30-,31-,32-,34-/m0/s1. The van der Waals surface area contributed by atoms with Crippen LogP contribution in [0.25, 0.3) is 10.9 Å². The third-order valence-electron chi connectivity index (χ3n) is 9.73. The Kier molecular flexibility index (Phi) is 16.7. The summed E-state index contributed by atoms with van der Waals surface area (Å²) in [6.07, 6.45) is 3.62. The fourth-order valence-electron chi connectivity index (χ4n) is 6.77. The number of benzene rings is 1. The molecule has 1 saturated heterocycles. The van der Waals surface area contributed by atoms with Crippen LogP contribution in [-0.4, -0.2) is 101 Å². The summed E-state index contributed by atoms with van der Waals surface area (Å²) < 4.78 is 4.71. The average molecular weight is 768 g/mol. The Morgan fingerprint density at radius 3 is 2.00 bits per heavy atom. The minimum Gasteiger partial charge on any atom is -0.467 e. The highest BCUT2D eigenvalue weighted by Crippen LogP contribution is 2.22. The summed E-state index contributed by atoms with van der Waals surface area (Å²) in [4.78, 5) is 98.0. The van der Waals surface area contributed by atoms with E-state index in [0.717, 1.165) is 16.5 Å². The second-order valence-corrected chi connectivity index (χ2v) is 15.6. The van der Waals surface area contributed by atoms with E-state index in [1.807, 2.05) is 52.0 Å². The number of hydrogen-bond acceptors (Lipinski definition) is 8. The minimum atomic E-state index is -1.02. The van der Waals surface area contributed by atoms with Gasteiger partial charge in [0.2, 0.25) is 35.4 Å². The van der Waals surface area contributed by atoms with E-state index in [4.69, 9.17) is 4.74 Å². The van der Waals surface area contributed by atoms with Crippen LogP contribution >= 0.6 is 0 Å². The van der Waals surface area contributed by atoms with Gasteiger partial charge in [0, 0.05) is 36.5 Å². The maximum Gasteiger partial charge on any atom is 0.328 e. The molecule has 6 N–H and O–H groups in total. The van der Waals surface area contributed by atoms with Crippen LogP contribution in [-0.2, 0) is 44.7 Å². The average Bonchev–Trinajstić information content (AvgIpc) is 3.79. The van der Waals surface area contributed by atoms with Gasteiger partial charge in [-0.2, -0.15) is 0 Å². The molecule has 0 radical (unpaired) electrons. The van der Waals surface area contributed by atoms with Gasteiger partial charge in [-0.25, -0.2) is 4.79 Å². The Balaban J connectivity index is 1.78. The predicted molar refractivity (Wildman–Crippen MR) is 208 cm³/mol. The van der Waals surface area contributed by atoms with Gasteiger partial charge in [-0.3, -0.25) is 28.8 Å². The van der Waals surface area contributed by atoms with Gasteiger partial charge in [0.1, 0.15) is 36.3 Å². The van der Waals surface area contributed by atoms with Gasteiger partial charge >= 0.3 is 5.97 Å². The van der Waals surface area contributed by atoms with Gasteiger partial charge in [-0.15, -0.1) is 0 Å². The van der Waals surface area contributed by atoms with Gasteiger partial charge in [0.15, 0.2) is 0 Å². The lowest BCUT2D eigenvalue weighted by Gasteiger charge is -2.32. The number of para-hydroxylation sites is 1. The number of ether oxygens (including phenoxy) is 1. The van der Waals surface area contributed by atoms with E-state index >= 15 is 0 Å². The first-order valence-electron chi connectivity index (χ1n) is 19.4. The molecule has 1 aliphatic rings. The molecule has 1 aromatic heterocycles. The first-order valence-corrected chi connectivity index (χ1v) is 19.4. The zero-order valence-electron chi connectivity index (χ0n) is 33.7. The van der Waals surface area contributed by atoms with Gasteiger partial charge in [0.05, 0.1) is 7.11 Å². The molecule has 3 rings (SSSR count). The van der Waals surface area contributed by atoms with Crippen molar-refractivity contribution < 1.29 is 38.3 Å². The van der Waals surface area contributed by atoms with Gasteiger partial charge in [-0.05, 0) is 62.0 Å². The number of methoxy groups -OCH3 is 1. The summed E-state index contributed by atoms with van der Waals surface area (Å²) in [6, 6.07) is 1.86. The quantitative estimate of drug-likeness (QED) is 0.117. The Hall–Kier alpha value is -4.95. The zero-order chi connectivity index (χ0) is 41.0. The molecule has 1 fully saturated rings. The van der Waals surface area contributed by atoms with Gasteiger partial charge in [-0.1, -0.05) is 66.7 Å². The Bertz CT molecular complexity index is 1670. The molecular weight excluding hydrogens is 706 g/mol. The number of aromatic nitrogens is 1. The normalized spacial score (nSPS) is 16.9. The molecule has 2 heterocycles. The SMILES string of the molecule is CCC(=O)N[C@@H](Cc1c[nH]c2ccccc12)C(=O)N[C@@H](CC(C)C)C(=O)N[C@H](C(=O)N1CCC[C@H]1C(=O)N[C@@H](CC(C)C)C(=O)N[C@@H](C)C(=O)OC)C(C)C. The predicted octanol–water partition coefficient (Wildman–Crippen LogP) is 2.48. The van der Waals surface area contributed by atoms with Crippen LogP contribution in [0.15, 0.2) is 30.5 Å². The minimum absolute atomic E-state index is 0.0141. The molecule has 0 spiro atoms. The Labute approximate surface area is 324 Å². The lowest BCUT2D eigenvalue weighted by atomic mass is 9.98. The van der Waals surface area contributed by atoms with Crippen molar-refractivity contribution in [3.63, 3.8) is 0 Å². The summed E-state index contributed by atoms with van der Waals surface area (Å²) in [5, 5.41) is 14.8. The highest BCUT2D eigenvalue weighted by atomic mass is 16.5. The third kappa shape index (κ3) is 12.5. The van der Waals surface area contributed by atoms with Crippen LogP contribution in [0.3, 0.4) is 0 Å². The number of H-pyrrole nitrogens is 1. The van der Waals surface area contributed by atoms with Crippen molar-refractivity contribution in [3.8, 4) is 0 Å². The van der Waals surface area contributed by atoms with Crippen molar-refractivity contribution in [3.05, 3.63) is 36.0 Å². The Morgan fingerprint density at radius 2 is 1.40 bits per heavy atom. The number of nitrogens with zero attached hydrogens (tertiary/aromatic N) is 1. The number of rotatable bonds is 19. The first-order chi connectivity index (χ1) is 26.0. The molecule has 15 heteroatoms. The molecule has 6 atom stereocenters. The van der Waals surface area contributed by atoms with Gasteiger partial charge < -0.3 is 41.2 Å². The molecule has 1 aliphatic heterocycles. The molecule has 0 saturated carbocycles. The monoisotopic (exact) mass is 767 g/mol. The fourth-order valence-corrected chi connectivity index (χ4v) is 6.77. The zero-order valence-corrected chi connectivity index (χ0v) is 33.7. The maximum atomic E-state index is 14.2. The topological polar surface area (TPSA) is 208 Å². The van der Waals surface area contributed by atoms with E-state index in [0.29, 0.717) is 19.3 Å². The fraction of sp³-hybridized carbons (Fsp3) is 0.625. The summed E-state index contributed by atoms with van der Waals surface area (Å²) in [6.45, 7) is 14.6. The number of fused-ring (bicyclic) bond motifs is 1. The lowest BCUT2D eigenvalue weighted by Crippen LogP contribution is -2.60. The van der Waals surface area contributed by atoms with E-state index < -0.39 is 71.8 Å². The van der Waals surface area contributed by atoms with Crippen LogP contribution in [0, 0.1) is 17.8 Å². The first kappa shape index (κ1) is 44.4. The summed E-state index contributed by atoms with van der Waals surface area (Å²) in [7, 11) is 1.22. The Morgan fingerprint density at radius 1 is 0.800 bits per heavy atom. The van der Waals surface area contributed by atoms with Gasteiger partial charge in [0.25, 0.3) is 0 Å². The number of amides is 6. The van der Waals surface area contributed by atoms with Crippen LogP contribution < -0.4 is 26.6 Å². The molecule has 0 aliphatic carbocycles. The summed E-state index contributed by atoms with van der Waals surface area (Å²) in [5.74, 6) is -3.90. The largest absolute Gasteiger partial charge is 0.467 e. The number of hydrogen-bond donors (Lipinski definition) is 6. The van der Waals surface area contributed by atoms with E-state index in [9.17, 15) is 33.6 Å². The van der Waals surface area contributed by atoms with Crippen LogP contribution in [0.1, 0.15) is 93.1 Å². The molecule has 0 bridgehead atoms. The highest BCUT2D eigenvalue weighted by Gasteiger charge is 2.41. The highest BCUT2D eigenvalue weighted by molar-refractivity contribution is 5.97. The number of likely N-dealkylation sites (tertiary alicyclic amines) is 1. The molecule has 6 amide bonds. The molecule has 15 nitrogen and oxygen atoms in total. The molecule has 1 aromatic carbocycles. The molecule has 2 aromatic rings.